The Morgan fingerprint density at radius 1 is 1.22 bits per heavy atom. The van der Waals surface area contributed by atoms with Gasteiger partial charge in [0.2, 0.25) is 5.91 Å². The zero-order chi connectivity index (χ0) is 16.2. The van der Waals surface area contributed by atoms with Crippen molar-refractivity contribution in [1.82, 2.24) is 4.98 Å². The molecule has 0 radical (unpaired) electrons. The van der Waals surface area contributed by atoms with E-state index in [9.17, 15) is 9.18 Å². The van der Waals surface area contributed by atoms with Gasteiger partial charge >= 0.3 is 0 Å². The van der Waals surface area contributed by atoms with Gasteiger partial charge in [0.25, 0.3) is 0 Å². The van der Waals surface area contributed by atoms with E-state index in [1.165, 1.54) is 12.1 Å². The van der Waals surface area contributed by atoms with E-state index in [4.69, 9.17) is 11.6 Å². The number of amides is 1. The molecule has 1 aromatic heterocycles. The summed E-state index contributed by atoms with van der Waals surface area (Å²) in [6.07, 6.45) is 1.63. The fraction of sp³-hybridized carbons (Fsp3) is 0.0588. The van der Waals surface area contributed by atoms with E-state index in [2.05, 4.69) is 10.3 Å². The molecule has 1 N–H and O–H groups in total. The third-order valence-electron chi connectivity index (χ3n) is 3.25. The Morgan fingerprint density at radius 3 is 2.65 bits per heavy atom. The SMILES string of the molecule is O=C(Cc1c(F)cccc1Cl)Nc1ccc(-c2nccs2)cc1. The van der Waals surface area contributed by atoms with Gasteiger partial charge in [0.05, 0.1) is 6.42 Å². The van der Waals surface area contributed by atoms with Crippen molar-refractivity contribution in [3.63, 3.8) is 0 Å². The number of carbonyl (C=O) groups excluding carboxylic acids is 1. The second kappa shape index (κ2) is 6.89. The molecule has 3 nitrogen and oxygen atoms in total. The lowest BCUT2D eigenvalue weighted by atomic mass is 10.1. The van der Waals surface area contributed by atoms with Crippen molar-refractivity contribution >= 4 is 34.5 Å². The summed E-state index contributed by atoms with van der Waals surface area (Å²) in [5, 5.41) is 5.81. The summed E-state index contributed by atoms with van der Waals surface area (Å²) in [5.74, 6) is -0.800. The van der Waals surface area contributed by atoms with Crippen LogP contribution >= 0.6 is 22.9 Å². The summed E-state index contributed by atoms with van der Waals surface area (Å²) >= 11 is 7.47. The van der Waals surface area contributed by atoms with Crippen LogP contribution in [-0.4, -0.2) is 10.9 Å². The van der Waals surface area contributed by atoms with Crippen LogP contribution in [0.25, 0.3) is 10.6 Å². The third kappa shape index (κ3) is 3.75. The van der Waals surface area contributed by atoms with Crippen molar-refractivity contribution in [2.75, 3.05) is 5.32 Å². The second-order valence-electron chi connectivity index (χ2n) is 4.84. The second-order valence-corrected chi connectivity index (χ2v) is 6.14. The van der Waals surface area contributed by atoms with Gasteiger partial charge in [0.15, 0.2) is 0 Å². The lowest BCUT2D eigenvalue weighted by molar-refractivity contribution is -0.115. The molecule has 0 fully saturated rings. The van der Waals surface area contributed by atoms with Crippen LogP contribution in [0.5, 0.6) is 0 Å². The maximum atomic E-state index is 13.7. The van der Waals surface area contributed by atoms with Crippen LogP contribution in [0.15, 0.2) is 54.0 Å². The molecular formula is C17H12ClFN2OS. The third-order valence-corrected chi connectivity index (χ3v) is 4.42. The number of hydrogen-bond acceptors (Lipinski definition) is 3. The van der Waals surface area contributed by atoms with Crippen molar-refractivity contribution < 1.29 is 9.18 Å². The average Bonchev–Trinajstić information content (AvgIpc) is 3.06. The molecule has 0 aliphatic carbocycles. The van der Waals surface area contributed by atoms with E-state index < -0.39 is 5.82 Å². The van der Waals surface area contributed by atoms with Crippen LogP contribution in [-0.2, 0) is 11.2 Å². The van der Waals surface area contributed by atoms with Gasteiger partial charge in [-0.3, -0.25) is 4.79 Å². The van der Waals surface area contributed by atoms with Crippen molar-refractivity contribution in [3.05, 3.63) is 70.4 Å². The minimum Gasteiger partial charge on any atom is -0.326 e. The highest BCUT2D eigenvalue weighted by atomic mass is 35.5. The Kier molecular flexibility index (Phi) is 4.69. The van der Waals surface area contributed by atoms with Gasteiger partial charge < -0.3 is 5.32 Å². The average molecular weight is 347 g/mol. The smallest absolute Gasteiger partial charge is 0.228 e. The van der Waals surface area contributed by atoms with Crippen molar-refractivity contribution in [1.29, 1.82) is 0 Å². The van der Waals surface area contributed by atoms with E-state index in [0.29, 0.717) is 5.69 Å². The monoisotopic (exact) mass is 346 g/mol. The number of carbonyl (C=O) groups is 1. The van der Waals surface area contributed by atoms with Crippen LogP contribution in [0.3, 0.4) is 0 Å². The number of aromatic nitrogens is 1. The fourth-order valence-electron chi connectivity index (χ4n) is 2.13. The van der Waals surface area contributed by atoms with Gasteiger partial charge in [-0.25, -0.2) is 9.37 Å². The van der Waals surface area contributed by atoms with E-state index in [0.717, 1.165) is 10.6 Å². The Bertz CT molecular complexity index is 799. The molecule has 0 atom stereocenters. The lowest BCUT2D eigenvalue weighted by Gasteiger charge is -2.08. The van der Waals surface area contributed by atoms with Crippen LogP contribution in [0, 0.1) is 5.82 Å². The fourth-order valence-corrected chi connectivity index (χ4v) is 3.00. The highest BCUT2D eigenvalue weighted by Gasteiger charge is 2.12. The number of anilines is 1. The quantitative estimate of drug-likeness (QED) is 0.738. The molecule has 3 aromatic rings. The molecule has 0 spiro atoms. The maximum Gasteiger partial charge on any atom is 0.228 e. The molecular weight excluding hydrogens is 335 g/mol. The number of rotatable bonds is 4. The maximum absolute atomic E-state index is 13.7. The summed E-state index contributed by atoms with van der Waals surface area (Å²) in [5.41, 5.74) is 1.82. The topological polar surface area (TPSA) is 42.0 Å². The molecule has 0 unspecified atom stereocenters. The highest BCUT2D eigenvalue weighted by molar-refractivity contribution is 7.13. The Balaban J connectivity index is 1.68. The van der Waals surface area contributed by atoms with Crippen LogP contribution in [0.2, 0.25) is 5.02 Å². The molecule has 23 heavy (non-hydrogen) atoms. The van der Waals surface area contributed by atoms with Gasteiger partial charge in [-0.1, -0.05) is 17.7 Å². The summed E-state index contributed by atoms with van der Waals surface area (Å²) in [7, 11) is 0. The van der Waals surface area contributed by atoms with Gasteiger partial charge in [0, 0.05) is 33.4 Å². The van der Waals surface area contributed by atoms with Crippen LogP contribution < -0.4 is 5.32 Å². The number of nitrogens with zero attached hydrogens (tertiary/aromatic N) is 1. The Morgan fingerprint density at radius 2 is 2.00 bits per heavy atom. The first-order chi connectivity index (χ1) is 11.1. The molecule has 0 aliphatic heterocycles. The summed E-state index contributed by atoms with van der Waals surface area (Å²) in [6, 6.07) is 11.7. The largest absolute Gasteiger partial charge is 0.326 e. The van der Waals surface area contributed by atoms with E-state index in [1.54, 1.807) is 35.7 Å². The minimum atomic E-state index is -0.480. The number of benzene rings is 2. The van der Waals surface area contributed by atoms with Gasteiger partial charge in [-0.2, -0.15) is 0 Å². The first kappa shape index (κ1) is 15.6. The number of hydrogen-bond donors (Lipinski definition) is 1. The normalized spacial score (nSPS) is 10.5. The molecule has 1 heterocycles. The zero-order valence-corrected chi connectivity index (χ0v) is 13.5. The molecule has 0 saturated carbocycles. The summed E-state index contributed by atoms with van der Waals surface area (Å²) < 4.78 is 13.7. The predicted octanol–water partition coefficient (Wildman–Crippen LogP) is 4.78. The van der Waals surface area contributed by atoms with Gasteiger partial charge in [-0.05, 0) is 36.4 Å². The van der Waals surface area contributed by atoms with Gasteiger partial charge in [0.1, 0.15) is 10.8 Å². The van der Waals surface area contributed by atoms with Crippen molar-refractivity contribution in [2.24, 2.45) is 0 Å². The highest BCUT2D eigenvalue weighted by Crippen LogP contribution is 2.24. The Labute approximate surface area is 141 Å². The van der Waals surface area contributed by atoms with E-state index in [-0.39, 0.29) is 22.9 Å². The molecule has 0 aliphatic rings. The Hall–Kier alpha value is -2.24. The molecule has 0 bridgehead atoms. The van der Waals surface area contributed by atoms with Crippen LogP contribution in [0.1, 0.15) is 5.56 Å². The minimum absolute atomic E-state index is 0.111. The molecule has 3 rings (SSSR count). The summed E-state index contributed by atoms with van der Waals surface area (Å²) in [4.78, 5) is 16.3. The molecule has 2 aromatic carbocycles. The molecule has 1 amide bonds. The molecule has 0 saturated heterocycles. The first-order valence-electron chi connectivity index (χ1n) is 6.86. The number of nitrogens with one attached hydrogen (secondary N) is 1. The van der Waals surface area contributed by atoms with E-state index in [1.807, 2.05) is 17.5 Å². The molecule has 116 valence electrons. The first-order valence-corrected chi connectivity index (χ1v) is 8.12. The zero-order valence-electron chi connectivity index (χ0n) is 11.9. The number of halogens is 2. The van der Waals surface area contributed by atoms with Crippen molar-refractivity contribution in [3.8, 4) is 10.6 Å². The summed E-state index contributed by atoms with van der Waals surface area (Å²) in [6.45, 7) is 0. The predicted molar refractivity (Wildman–Crippen MR) is 91.3 cm³/mol. The molecule has 6 heteroatoms. The standard InChI is InChI=1S/C17H12ClFN2OS/c18-14-2-1-3-15(19)13(14)10-16(22)21-12-6-4-11(5-7-12)17-20-8-9-23-17/h1-9H,10H2,(H,21,22). The van der Waals surface area contributed by atoms with E-state index >= 15 is 0 Å². The van der Waals surface area contributed by atoms with Gasteiger partial charge in [-0.15, -0.1) is 11.3 Å². The number of thiazole rings is 1. The van der Waals surface area contributed by atoms with Crippen molar-refractivity contribution in [2.45, 2.75) is 6.42 Å². The lowest BCUT2D eigenvalue weighted by Crippen LogP contribution is -2.15. The van der Waals surface area contributed by atoms with Crippen LogP contribution in [0.4, 0.5) is 10.1 Å².